The Balaban J connectivity index is 1.66. The molecule has 30 heavy (non-hydrogen) atoms. The minimum absolute atomic E-state index is 0.0632. The topological polar surface area (TPSA) is 69.0 Å². The molecule has 0 aliphatic carbocycles. The molecule has 0 saturated carbocycles. The number of amides is 1. The fraction of sp³-hybridized carbons (Fsp3) is 0.500. The van der Waals surface area contributed by atoms with Crippen molar-refractivity contribution in [2.45, 2.75) is 19.4 Å². The lowest BCUT2D eigenvalue weighted by Gasteiger charge is -2.35. The summed E-state index contributed by atoms with van der Waals surface area (Å²) in [5, 5.41) is 7.54. The number of aliphatic imine (C=N–C) groups is 1. The van der Waals surface area contributed by atoms with Gasteiger partial charge in [0.15, 0.2) is 5.96 Å². The number of aromatic nitrogens is 2. The van der Waals surface area contributed by atoms with Gasteiger partial charge in [0.1, 0.15) is 6.54 Å². The van der Waals surface area contributed by atoms with Crippen molar-refractivity contribution in [2.75, 3.05) is 51.7 Å². The van der Waals surface area contributed by atoms with E-state index < -0.39 is 0 Å². The monoisotopic (exact) mass is 411 g/mol. The minimum Gasteiger partial charge on any atom is -0.357 e. The van der Waals surface area contributed by atoms with Gasteiger partial charge in [-0.15, -0.1) is 0 Å². The molecule has 3 rings (SSSR count). The quantitative estimate of drug-likeness (QED) is 0.548. The third-order valence-electron chi connectivity index (χ3n) is 5.35. The van der Waals surface area contributed by atoms with E-state index in [1.807, 2.05) is 24.2 Å². The van der Waals surface area contributed by atoms with Crippen LogP contribution in [0.15, 0.2) is 47.7 Å². The van der Waals surface area contributed by atoms with E-state index in [2.05, 4.69) is 60.6 Å². The van der Waals surface area contributed by atoms with Gasteiger partial charge < -0.3 is 20.0 Å². The van der Waals surface area contributed by atoms with Crippen LogP contribution in [0.25, 0.3) is 0 Å². The van der Waals surface area contributed by atoms with Gasteiger partial charge in [-0.25, -0.2) is 0 Å². The number of benzene rings is 1. The van der Waals surface area contributed by atoms with Gasteiger partial charge in [-0.2, -0.15) is 5.10 Å². The lowest BCUT2D eigenvalue weighted by molar-refractivity contribution is -0.120. The third kappa shape index (κ3) is 5.60. The van der Waals surface area contributed by atoms with Crippen LogP contribution in [0.5, 0.6) is 0 Å². The number of hydrogen-bond donors (Lipinski definition) is 1. The van der Waals surface area contributed by atoms with E-state index in [-0.39, 0.29) is 11.9 Å². The van der Waals surface area contributed by atoms with Gasteiger partial charge in [-0.3, -0.25) is 14.5 Å². The highest BCUT2D eigenvalue weighted by Crippen LogP contribution is 2.16. The number of carbonyl (C=O) groups is 1. The van der Waals surface area contributed by atoms with Crippen LogP contribution >= 0.6 is 0 Å². The van der Waals surface area contributed by atoms with E-state index in [0.29, 0.717) is 19.6 Å². The summed E-state index contributed by atoms with van der Waals surface area (Å²) >= 11 is 0. The first-order chi connectivity index (χ1) is 14.5. The molecule has 0 bridgehead atoms. The number of nitrogens with one attached hydrogen (secondary N) is 1. The molecule has 1 aromatic heterocycles. The Labute approximate surface area is 179 Å². The number of piperazine rings is 1. The molecule has 8 heteroatoms. The molecule has 0 radical (unpaired) electrons. The summed E-state index contributed by atoms with van der Waals surface area (Å²) in [6.07, 6.45) is 4.54. The van der Waals surface area contributed by atoms with Crippen LogP contribution in [0.3, 0.4) is 0 Å². The normalized spacial score (nSPS) is 16.3. The summed E-state index contributed by atoms with van der Waals surface area (Å²) in [7, 11) is 6.04. The number of hydrogen-bond acceptors (Lipinski definition) is 4. The lowest BCUT2D eigenvalue weighted by atomic mass is 10.1. The molecular weight excluding hydrogens is 378 g/mol. The van der Waals surface area contributed by atoms with E-state index in [1.54, 1.807) is 15.8 Å². The molecule has 1 aromatic carbocycles. The zero-order valence-corrected chi connectivity index (χ0v) is 18.5. The van der Waals surface area contributed by atoms with Gasteiger partial charge in [0, 0.05) is 38.9 Å². The molecule has 2 heterocycles. The summed E-state index contributed by atoms with van der Waals surface area (Å²) < 4.78 is 1.72. The second kappa shape index (κ2) is 10.2. The highest BCUT2D eigenvalue weighted by atomic mass is 16.2. The maximum absolute atomic E-state index is 12.8. The molecule has 1 aliphatic rings. The van der Waals surface area contributed by atoms with Crippen LogP contribution in [0, 0.1) is 0 Å². The van der Waals surface area contributed by atoms with Crippen molar-refractivity contribution in [2.24, 2.45) is 12.0 Å². The fourth-order valence-electron chi connectivity index (χ4n) is 3.59. The Morgan fingerprint density at radius 3 is 2.63 bits per heavy atom. The van der Waals surface area contributed by atoms with Crippen molar-refractivity contribution in [1.29, 1.82) is 0 Å². The highest BCUT2D eigenvalue weighted by molar-refractivity contribution is 5.98. The predicted octanol–water partition coefficient (Wildman–Crippen LogP) is 1.21. The SMILES string of the molecule is CCNC(=NCC(Cc1ccccc1)N(C)C)N1CCN(c2cnn(C)c2)C(=O)C1. The van der Waals surface area contributed by atoms with Crippen LogP contribution in [-0.4, -0.2) is 84.3 Å². The molecule has 162 valence electrons. The summed E-state index contributed by atoms with van der Waals surface area (Å²) in [4.78, 5) is 23.7. The number of aryl methyl sites for hydroxylation is 1. The number of anilines is 1. The summed E-state index contributed by atoms with van der Waals surface area (Å²) in [5.74, 6) is 0.866. The molecule has 1 amide bonds. The molecule has 1 N–H and O–H groups in total. The maximum atomic E-state index is 12.8. The first kappa shape index (κ1) is 21.8. The van der Waals surface area contributed by atoms with Crippen molar-refractivity contribution in [3.05, 3.63) is 48.3 Å². The van der Waals surface area contributed by atoms with E-state index in [4.69, 9.17) is 4.99 Å². The predicted molar refractivity (Wildman–Crippen MR) is 121 cm³/mol. The Morgan fingerprint density at radius 2 is 2.03 bits per heavy atom. The summed E-state index contributed by atoms with van der Waals surface area (Å²) in [5.41, 5.74) is 2.15. The molecular formula is C22H33N7O. The van der Waals surface area contributed by atoms with Crippen LogP contribution in [-0.2, 0) is 18.3 Å². The maximum Gasteiger partial charge on any atom is 0.246 e. The molecule has 1 fully saturated rings. The minimum atomic E-state index is 0.0632. The first-order valence-corrected chi connectivity index (χ1v) is 10.5. The average Bonchev–Trinajstić information content (AvgIpc) is 3.16. The summed E-state index contributed by atoms with van der Waals surface area (Å²) in [6.45, 7) is 5.15. The first-order valence-electron chi connectivity index (χ1n) is 10.5. The summed E-state index contributed by atoms with van der Waals surface area (Å²) in [6, 6.07) is 10.8. The number of carbonyl (C=O) groups excluding carboxylic acids is 1. The number of guanidine groups is 1. The average molecular weight is 412 g/mol. The van der Waals surface area contributed by atoms with Crippen molar-refractivity contribution in [3.63, 3.8) is 0 Å². The molecule has 2 aromatic rings. The van der Waals surface area contributed by atoms with Crippen molar-refractivity contribution < 1.29 is 4.79 Å². The second-order valence-electron chi connectivity index (χ2n) is 7.84. The standard InChI is InChI=1S/C22H33N7O/c1-5-23-22(24-14-19(26(2)3)13-18-9-7-6-8-10-18)28-11-12-29(21(30)17-28)20-15-25-27(4)16-20/h6-10,15-16,19H,5,11-14,17H2,1-4H3,(H,23,24). The van der Waals surface area contributed by atoms with Crippen molar-refractivity contribution >= 4 is 17.6 Å². The van der Waals surface area contributed by atoms with Gasteiger partial charge in [0.2, 0.25) is 5.91 Å². The lowest BCUT2D eigenvalue weighted by Crippen LogP contribution is -2.55. The molecule has 0 spiro atoms. The Hall–Kier alpha value is -2.87. The van der Waals surface area contributed by atoms with Crippen LogP contribution in [0.1, 0.15) is 12.5 Å². The zero-order valence-electron chi connectivity index (χ0n) is 18.5. The van der Waals surface area contributed by atoms with Crippen LogP contribution < -0.4 is 10.2 Å². The Bertz CT molecular complexity index is 846. The largest absolute Gasteiger partial charge is 0.357 e. The number of nitrogens with zero attached hydrogens (tertiary/aromatic N) is 6. The molecule has 1 atom stereocenters. The highest BCUT2D eigenvalue weighted by Gasteiger charge is 2.28. The van der Waals surface area contributed by atoms with Crippen molar-refractivity contribution in [1.82, 2.24) is 24.9 Å². The van der Waals surface area contributed by atoms with E-state index in [9.17, 15) is 4.79 Å². The van der Waals surface area contributed by atoms with Gasteiger partial charge in [-0.05, 0) is 33.0 Å². The third-order valence-corrected chi connectivity index (χ3v) is 5.35. The Morgan fingerprint density at radius 1 is 1.27 bits per heavy atom. The van der Waals surface area contributed by atoms with Crippen molar-refractivity contribution in [3.8, 4) is 0 Å². The molecule has 1 unspecified atom stereocenters. The molecule has 8 nitrogen and oxygen atoms in total. The molecule has 1 saturated heterocycles. The van der Waals surface area contributed by atoms with Crippen LogP contribution in [0.2, 0.25) is 0 Å². The van der Waals surface area contributed by atoms with Gasteiger partial charge >= 0.3 is 0 Å². The molecule has 1 aliphatic heterocycles. The van der Waals surface area contributed by atoms with E-state index in [0.717, 1.165) is 31.2 Å². The van der Waals surface area contributed by atoms with E-state index in [1.165, 1.54) is 5.56 Å². The van der Waals surface area contributed by atoms with Crippen LogP contribution in [0.4, 0.5) is 5.69 Å². The fourth-order valence-corrected chi connectivity index (χ4v) is 3.59. The second-order valence-corrected chi connectivity index (χ2v) is 7.84. The van der Waals surface area contributed by atoms with E-state index >= 15 is 0 Å². The van der Waals surface area contributed by atoms with Gasteiger partial charge in [-0.1, -0.05) is 30.3 Å². The number of likely N-dealkylation sites (N-methyl/N-ethyl adjacent to an activating group) is 1. The van der Waals surface area contributed by atoms with Gasteiger partial charge in [0.05, 0.1) is 18.4 Å². The Kier molecular flexibility index (Phi) is 7.46. The number of rotatable bonds is 7. The van der Waals surface area contributed by atoms with Gasteiger partial charge in [0.25, 0.3) is 0 Å². The zero-order chi connectivity index (χ0) is 21.5. The smallest absolute Gasteiger partial charge is 0.246 e.